The summed E-state index contributed by atoms with van der Waals surface area (Å²) in [6, 6.07) is 21.2. The Morgan fingerprint density at radius 1 is 1.09 bits per heavy atom. The largest absolute Gasteiger partial charge is 0.497 e. The predicted octanol–water partition coefficient (Wildman–Crippen LogP) is 4.55. The molecule has 172 valence electrons. The third kappa shape index (κ3) is 4.34. The van der Waals surface area contributed by atoms with Gasteiger partial charge in [0.1, 0.15) is 5.75 Å². The molecule has 1 aliphatic heterocycles. The summed E-state index contributed by atoms with van der Waals surface area (Å²) in [4.78, 5) is 13.3. The fourth-order valence-corrected chi connectivity index (χ4v) is 4.65. The number of carbonyl (C=O) groups excluding carboxylic acids is 1. The highest BCUT2D eigenvalue weighted by Gasteiger charge is 2.33. The van der Waals surface area contributed by atoms with E-state index in [1.807, 2.05) is 72.3 Å². The van der Waals surface area contributed by atoms with Crippen LogP contribution in [-0.4, -0.2) is 44.3 Å². The highest BCUT2D eigenvalue weighted by atomic mass is 32.2. The summed E-state index contributed by atoms with van der Waals surface area (Å²) in [5.41, 5.74) is 2.91. The maximum absolute atomic E-state index is 13.3. The second-order valence-corrected chi connectivity index (χ2v) is 8.72. The SMILES string of the molecule is COc1ccc([C@H]2CC(c3ccccc3)=NN2C(=O)CSc2nnc(-c3ccco3)n2C)cc1. The summed E-state index contributed by atoms with van der Waals surface area (Å²) in [5, 5.41) is 15.4. The van der Waals surface area contributed by atoms with Crippen LogP contribution in [0.4, 0.5) is 0 Å². The van der Waals surface area contributed by atoms with Crippen molar-refractivity contribution >= 4 is 23.4 Å². The topological polar surface area (TPSA) is 85.8 Å². The third-order valence-electron chi connectivity index (χ3n) is 5.67. The van der Waals surface area contributed by atoms with Crippen LogP contribution in [-0.2, 0) is 11.8 Å². The van der Waals surface area contributed by atoms with Crippen molar-refractivity contribution in [2.24, 2.45) is 12.1 Å². The van der Waals surface area contributed by atoms with Gasteiger partial charge in [-0.25, -0.2) is 5.01 Å². The Bertz CT molecular complexity index is 1300. The Balaban J connectivity index is 1.37. The van der Waals surface area contributed by atoms with Crippen molar-refractivity contribution in [2.75, 3.05) is 12.9 Å². The minimum atomic E-state index is -0.188. The molecule has 4 aromatic rings. The monoisotopic (exact) mass is 473 g/mol. The number of thioether (sulfide) groups is 1. The molecule has 2 aromatic carbocycles. The summed E-state index contributed by atoms with van der Waals surface area (Å²) in [6.45, 7) is 0. The lowest BCUT2D eigenvalue weighted by Crippen LogP contribution is -2.28. The Hall–Kier alpha value is -3.85. The number of carbonyl (C=O) groups is 1. The van der Waals surface area contributed by atoms with Crippen LogP contribution in [0.2, 0.25) is 0 Å². The lowest BCUT2D eigenvalue weighted by atomic mass is 9.98. The van der Waals surface area contributed by atoms with E-state index >= 15 is 0 Å². The van der Waals surface area contributed by atoms with Gasteiger partial charge in [0.05, 0.1) is 30.9 Å². The molecule has 1 atom stereocenters. The molecule has 1 amide bonds. The average Bonchev–Trinajstić information content (AvgIpc) is 3.63. The van der Waals surface area contributed by atoms with E-state index in [1.165, 1.54) is 11.8 Å². The van der Waals surface area contributed by atoms with Gasteiger partial charge >= 0.3 is 0 Å². The van der Waals surface area contributed by atoms with Gasteiger partial charge < -0.3 is 13.7 Å². The van der Waals surface area contributed by atoms with Crippen LogP contribution >= 0.6 is 11.8 Å². The number of methoxy groups -OCH3 is 1. The van der Waals surface area contributed by atoms with Gasteiger partial charge in [-0.05, 0) is 35.4 Å². The maximum atomic E-state index is 13.3. The minimum absolute atomic E-state index is 0.0979. The first-order valence-corrected chi connectivity index (χ1v) is 11.8. The second-order valence-electron chi connectivity index (χ2n) is 7.78. The molecule has 0 bridgehead atoms. The molecule has 3 heterocycles. The number of hydrogen-bond donors (Lipinski definition) is 0. The smallest absolute Gasteiger partial charge is 0.253 e. The van der Waals surface area contributed by atoms with Gasteiger partial charge in [-0.15, -0.1) is 10.2 Å². The molecule has 0 N–H and O–H groups in total. The summed E-state index contributed by atoms with van der Waals surface area (Å²) in [5.74, 6) is 2.10. The van der Waals surface area contributed by atoms with E-state index in [2.05, 4.69) is 10.2 Å². The number of rotatable bonds is 7. The molecule has 34 heavy (non-hydrogen) atoms. The zero-order chi connectivity index (χ0) is 23.5. The standard InChI is InChI=1S/C25H23N5O3S/c1-29-24(22-9-6-14-33-22)26-27-25(29)34-16-23(31)30-21(18-10-12-19(32-2)13-11-18)15-20(28-30)17-7-4-3-5-8-17/h3-14,21H,15-16H2,1-2H3/t21-/m1/s1. The highest BCUT2D eigenvalue weighted by molar-refractivity contribution is 7.99. The summed E-state index contributed by atoms with van der Waals surface area (Å²) in [7, 11) is 3.49. The fraction of sp³-hybridized carbons (Fsp3) is 0.200. The van der Waals surface area contributed by atoms with E-state index in [4.69, 9.17) is 14.3 Å². The van der Waals surface area contributed by atoms with Crippen LogP contribution in [0.3, 0.4) is 0 Å². The number of hydrazone groups is 1. The molecule has 5 rings (SSSR count). The molecule has 9 heteroatoms. The lowest BCUT2D eigenvalue weighted by molar-refractivity contribution is -0.130. The first-order chi connectivity index (χ1) is 16.6. The Kier molecular flexibility index (Phi) is 6.18. The molecule has 0 fully saturated rings. The molecule has 0 radical (unpaired) electrons. The lowest BCUT2D eigenvalue weighted by Gasteiger charge is -2.22. The number of furan rings is 1. The van der Waals surface area contributed by atoms with Crippen LogP contribution < -0.4 is 4.74 Å². The highest BCUT2D eigenvalue weighted by Crippen LogP contribution is 2.34. The van der Waals surface area contributed by atoms with E-state index in [0.29, 0.717) is 23.2 Å². The van der Waals surface area contributed by atoms with Crippen molar-refractivity contribution in [3.8, 4) is 17.3 Å². The number of nitrogens with zero attached hydrogens (tertiary/aromatic N) is 5. The van der Waals surface area contributed by atoms with Gasteiger partial charge in [0.2, 0.25) is 0 Å². The number of ether oxygens (including phenoxy) is 1. The second kappa shape index (κ2) is 9.56. The Morgan fingerprint density at radius 3 is 2.59 bits per heavy atom. The van der Waals surface area contributed by atoms with Crippen LogP contribution in [0, 0.1) is 0 Å². The molecular weight excluding hydrogens is 450 g/mol. The number of benzene rings is 2. The van der Waals surface area contributed by atoms with E-state index in [-0.39, 0.29) is 17.7 Å². The molecule has 1 aliphatic rings. The molecule has 0 spiro atoms. The van der Waals surface area contributed by atoms with Gasteiger partial charge in [0.25, 0.3) is 5.91 Å². The first kappa shape index (κ1) is 22.0. The van der Waals surface area contributed by atoms with Crippen LogP contribution in [0.15, 0.2) is 87.7 Å². The van der Waals surface area contributed by atoms with Crippen LogP contribution in [0.25, 0.3) is 11.6 Å². The molecule has 0 aliphatic carbocycles. The molecule has 0 saturated carbocycles. The zero-order valence-electron chi connectivity index (χ0n) is 18.8. The fourth-order valence-electron chi connectivity index (χ4n) is 3.88. The quantitative estimate of drug-likeness (QED) is 0.366. The summed E-state index contributed by atoms with van der Waals surface area (Å²) < 4.78 is 12.5. The van der Waals surface area contributed by atoms with Gasteiger partial charge in [0, 0.05) is 13.5 Å². The van der Waals surface area contributed by atoms with Crippen LogP contribution in [0.5, 0.6) is 5.75 Å². The van der Waals surface area contributed by atoms with E-state index in [0.717, 1.165) is 22.6 Å². The van der Waals surface area contributed by atoms with Gasteiger partial charge in [-0.1, -0.05) is 54.2 Å². The Labute approximate surface area is 201 Å². The molecule has 8 nitrogen and oxygen atoms in total. The number of hydrogen-bond acceptors (Lipinski definition) is 7. The molecule has 0 unspecified atom stereocenters. The predicted molar refractivity (Wildman–Crippen MR) is 130 cm³/mol. The van der Waals surface area contributed by atoms with Crippen molar-refractivity contribution < 1.29 is 13.9 Å². The summed E-state index contributed by atoms with van der Waals surface area (Å²) >= 11 is 1.33. The summed E-state index contributed by atoms with van der Waals surface area (Å²) in [6.07, 6.45) is 2.23. The minimum Gasteiger partial charge on any atom is -0.497 e. The van der Waals surface area contributed by atoms with Crippen molar-refractivity contribution in [1.82, 2.24) is 19.8 Å². The van der Waals surface area contributed by atoms with E-state index < -0.39 is 0 Å². The van der Waals surface area contributed by atoms with Crippen LogP contribution in [0.1, 0.15) is 23.6 Å². The molecule has 0 saturated heterocycles. The van der Waals surface area contributed by atoms with Gasteiger partial charge in [-0.2, -0.15) is 5.10 Å². The maximum Gasteiger partial charge on any atom is 0.253 e. The number of aromatic nitrogens is 3. The molecular formula is C25H23N5O3S. The zero-order valence-corrected chi connectivity index (χ0v) is 19.6. The average molecular weight is 474 g/mol. The van der Waals surface area contributed by atoms with E-state index in [1.54, 1.807) is 24.4 Å². The molecule has 2 aromatic heterocycles. The van der Waals surface area contributed by atoms with Gasteiger partial charge in [-0.3, -0.25) is 4.79 Å². The number of amides is 1. The van der Waals surface area contributed by atoms with Crippen molar-refractivity contribution in [1.29, 1.82) is 0 Å². The van der Waals surface area contributed by atoms with Gasteiger partial charge in [0.15, 0.2) is 16.7 Å². The van der Waals surface area contributed by atoms with Crippen molar-refractivity contribution in [2.45, 2.75) is 17.6 Å². The first-order valence-electron chi connectivity index (χ1n) is 10.8. The normalized spacial score (nSPS) is 15.4. The van der Waals surface area contributed by atoms with Crippen molar-refractivity contribution in [3.63, 3.8) is 0 Å². The van der Waals surface area contributed by atoms with Crippen molar-refractivity contribution in [3.05, 3.63) is 84.1 Å². The van der Waals surface area contributed by atoms with E-state index in [9.17, 15) is 4.79 Å². The third-order valence-corrected chi connectivity index (χ3v) is 6.68. The Morgan fingerprint density at radius 2 is 1.88 bits per heavy atom.